The van der Waals surface area contributed by atoms with Crippen LogP contribution in [0.15, 0.2) is 0 Å². The summed E-state index contributed by atoms with van der Waals surface area (Å²) in [4.78, 5) is 0. The van der Waals surface area contributed by atoms with Crippen molar-refractivity contribution in [2.24, 2.45) is 44.8 Å². The molecule has 9 rings (SSSR count). The summed E-state index contributed by atoms with van der Waals surface area (Å²) in [7, 11) is 0. The first-order chi connectivity index (χ1) is 30.2. The normalized spacial score (nSPS) is 58.7. The molecule has 374 valence electrons. The van der Waals surface area contributed by atoms with E-state index in [0.717, 1.165) is 25.7 Å². The van der Waals surface area contributed by atoms with Crippen molar-refractivity contribution in [1.82, 2.24) is 0 Å². The number of aliphatic hydroxyl groups is 11. The van der Waals surface area contributed by atoms with E-state index >= 15 is 0 Å². The van der Waals surface area contributed by atoms with E-state index in [1.165, 1.54) is 6.92 Å². The molecule has 4 saturated heterocycles. The molecular weight excluding hydrogens is 852 g/mol. The summed E-state index contributed by atoms with van der Waals surface area (Å²) >= 11 is 0. The number of hydrogen-bond donors (Lipinski definition) is 11. The molecule has 0 unspecified atom stereocenters. The lowest BCUT2D eigenvalue weighted by Crippen LogP contribution is -2.64. The number of hydrogen-bond acceptors (Lipinski definition) is 18. The molecule has 4 heterocycles. The highest BCUT2D eigenvalue weighted by Gasteiger charge is 2.85. The van der Waals surface area contributed by atoms with Crippen molar-refractivity contribution in [3.63, 3.8) is 0 Å². The second-order valence-corrected chi connectivity index (χ2v) is 23.8. The van der Waals surface area contributed by atoms with E-state index in [0.29, 0.717) is 32.1 Å². The molecule has 18 heteroatoms. The minimum atomic E-state index is -1.64. The number of rotatable bonds is 9. The average molecular weight is 931 g/mol. The third kappa shape index (κ3) is 7.15. The maximum atomic E-state index is 12.5. The molecule has 0 bridgehead atoms. The lowest BCUT2D eigenvalue weighted by atomic mass is 9.41. The van der Waals surface area contributed by atoms with Crippen LogP contribution in [0, 0.1) is 44.8 Å². The van der Waals surface area contributed by atoms with E-state index in [2.05, 4.69) is 34.6 Å². The van der Waals surface area contributed by atoms with Crippen LogP contribution in [-0.2, 0) is 33.2 Å². The first kappa shape index (κ1) is 49.3. The third-order valence-electron chi connectivity index (χ3n) is 19.8. The Labute approximate surface area is 381 Å². The van der Waals surface area contributed by atoms with Crippen LogP contribution in [0.2, 0.25) is 0 Å². The van der Waals surface area contributed by atoms with Crippen molar-refractivity contribution in [2.75, 3.05) is 13.2 Å². The molecular formula is C47H78O18. The van der Waals surface area contributed by atoms with Gasteiger partial charge in [0.2, 0.25) is 0 Å². The predicted octanol–water partition coefficient (Wildman–Crippen LogP) is -0.424. The molecule has 9 aliphatic rings. The summed E-state index contributed by atoms with van der Waals surface area (Å²) in [5.41, 5.74) is -3.24. The molecule has 11 N–H and O–H groups in total. The molecule has 5 saturated carbocycles. The van der Waals surface area contributed by atoms with E-state index in [-0.39, 0.29) is 46.0 Å². The van der Waals surface area contributed by atoms with Crippen LogP contribution < -0.4 is 0 Å². The summed E-state index contributed by atoms with van der Waals surface area (Å²) in [5, 5.41) is 119. The first-order valence-electron chi connectivity index (χ1n) is 24.2. The topological polar surface area (TPSA) is 287 Å². The van der Waals surface area contributed by atoms with Gasteiger partial charge in [-0.3, -0.25) is 0 Å². The third-order valence-corrected chi connectivity index (χ3v) is 19.8. The highest BCUT2D eigenvalue weighted by molar-refractivity contribution is 5.33. The Hall–Kier alpha value is -0.720. The summed E-state index contributed by atoms with van der Waals surface area (Å²) in [6, 6.07) is 0. The van der Waals surface area contributed by atoms with E-state index in [1.807, 2.05) is 13.8 Å². The van der Waals surface area contributed by atoms with Crippen LogP contribution in [-0.4, -0.2) is 191 Å². The SMILES string of the molecule is C[C@@H]1O[C@@H](O[C@H]2[C@H](O[C@@H]3CC[C@]45C[C@]46CC[C@]4(C)[C@@H]([C@@]7(C)CC[C@@H](C(C)(C)O[C@@H]8O[C@H](CO)[C@@H](O)[C@H](O)[C@H]8O)O7)[C@H](O)C[C@@]4(C)[C@H]6C[C@@H](O)[C@@H]5C3(C)C)OC[C@@H](O)[C@@H]2O)[C@H](O)[C@H](O)[C@H]1O. The lowest BCUT2D eigenvalue weighted by Gasteiger charge is -2.64. The van der Waals surface area contributed by atoms with Crippen molar-refractivity contribution < 1.29 is 89.3 Å². The minimum absolute atomic E-state index is 0.0486. The van der Waals surface area contributed by atoms with Crippen LogP contribution in [0.4, 0.5) is 0 Å². The molecule has 9 fully saturated rings. The Balaban J connectivity index is 0.908. The van der Waals surface area contributed by atoms with E-state index in [9.17, 15) is 56.2 Å². The van der Waals surface area contributed by atoms with Gasteiger partial charge in [-0.05, 0) is 124 Å². The fraction of sp³-hybridized carbons (Fsp3) is 1.00. The van der Waals surface area contributed by atoms with E-state index in [4.69, 9.17) is 33.2 Å². The molecule has 65 heavy (non-hydrogen) atoms. The molecule has 18 nitrogen and oxygen atoms in total. The minimum Gasteiger partial charge on any atom is -0.394 e. The Kier molecular flexibility index (Phi) is 12.4. The lowest BCUT2D eigenvalue weighted by molar-refractivity contribution is -0.364. The summed E-state index contributed by atoms with van der Waals surface area (Å²) < 4.78 is 43.4. The zero-order valence-electron chi connectivity index (χ0n) is 39.2. The van der Waals surface area contributed by atoms with Crippen LogP contribution >= 0.6 is 0 Å². The zero-order valence-corrected chi connectivity index (χ0v) is 39.2. The van der Waals surface area contributed by atoms with Crippen molar-refractivity contribution in [3.8, 4) is 0 Å². The van der Waals surface area contributed by atoms with Crippen molar-refractivity contribution >= 4 is 0 Å². The Morgan fingerprint density at radius 2 is 1.31 bits per heavy atom. The van der Waals surface area contributed by atoms with Gasteiger partial charge in [-0.2, -0.15) is 0 Å². The van der Waals surface area contributed by atoms with Crippen LogP contribution in [0.5, 0.6) is 0 Å². The highest BCUT2D eigenvalue weighted by Crippen LogP contribution is 2.89. The largest absolute Gasteiger partial charge is 0.394 e. The second-order valence-electron chi connectivity index (χ2n) is 23.8. The van der Waals surface area contributed by atoms with Gasteiger partial charge in [-0.25, -0.2) is 0 Å². The highest BCUT2D eigenvalue weighted by atomic mass is 16.8. The standard InChI is InChI=1S/C47H78O18/c1-20-28(52)31(55)33(57)38(60-20)63-35-29(53)23(51)18-59-40(35)62-26-10-12-47-19-46(47)14-13-43(6)37(22(50)16-44(43,7)25(46)15-21(49)36(47)41(26,2)3)45(8)11-9-27(64-45)42(4,5)65-39-34(58)32(56)30(54)24(17-48)61-39/h20-40,48-58H,9-19H2,1-8H3/t20-,21+,22+,23+,24+,25+,26+,27-,28-,29-,30+,31+,32-,33+,34+,35+,36+,37-,38-,39-,40-,43+,44-,45+,46-,47+/m0/s1. The predicted molar refractivity (Wildman–Crippen MR) is 225 cm³/mol. The summed E-state index contributed by atoms with van der Waals surface area (Å²) in [6.45, 7) is 15.4. The van der Waals surface area contributed by atoms with Gasteiger partial charge in [0.05, 0.1) is 54.9 Å². The Bertz CT molecular complexity index is 1750. The number of fused-ring (bicyclic) bond motifs is 2. The van der Waals surface area contributed by atoms with Gasteiger partial charge >= 0.3 is 0 Å². The zero-order chi connectivity index (χ0) is 47.4. The van der Waals surface area contributed by atoms with Gasteiger partial charge in [0.1, 0.15) is 61.0 Å². The quantitative estimate of drug-likeness (QED) is 0.131. The molecule has 0 aromatic carbocycles. The number of ether oxygens (including phenoxy) is 7. The molecule has 26 atom stereocenters. The average Bonchev–Trinajstić information content (AvgIpc) is 3.60. The smallest absolute Gasteiger partial charge is 0.187 e. The van der Waals surface area contributed by atoms with Gasteiger partial charge in [0.25, 0.3) is 0 Å². The van der Waals surface area contributed by atoms with Gasteiger partial charge < -0.3 is 89.3 Å². The van der Waals surface area contributed by atoms with Crippen molar-refractivity contribution in [2.45, 2.75) is 235 Å². The van der Waals surface area contributed by atoms with Crippen molar-refractivity contribution in [1.29, 1.82) is 0 Å². The molecule has 5 aliphatic carbocycles. The fourth-order valence-corrected chi connectivity index (χ4v) is 16.4. The van der Waals surface area contributed by atoms with Crippen LogP contribution in [0.3, 0.4) is 0 Å². The van der Waals surface area contributed by atoms with E-state index in [1.54, 1.807) is 0 Å². The van der Waals surface area contributed by atoms with Gasteiger partial charge in [-0.15, -0.1) is 0 Å². The van der Waals surface area contributed by atoms with Gasteiger partial charge in [0, 0.05) is 5.92 Å². The molecule has 0 amide bonds. The maximum absolute atomic E-state index is 12.5. The Morgan fingerprint density at radius 3 is 2.00 bits per heavy atom. The molecule has 0 aromatic heterocycles. The number of aliphatic hydroxyl groups excluding tert-OH is 11. The van der Waals surface area contributed by atoms with Crippen molar-refractivity contribution in [3.05, 3.63) is 0 Å². The van der Waals surface area contributed by atoms with Gasteiger partial charge in [-0.1, -0.05) is 27.7 Å². The monoisotopic (exact) mass is 931 g/mol. The van der Waals surface area contributed by atoms with Gasteiger partial charge in [0.15, 0.2) is 18.9 Å². The van der Waals surface area contributed by atoms with Crippen LogP contribution in [0.1, 0.15) is 113 Å². The molecule has 0 aromatic rings. The molecule has 2 spiro atoms. The second kappa shape index (κ2) is 16.4. The summed E-state index contributed by atoms with van der Waals surface area (Å²) in [6.07, 6.45) is -14.9. The molecule has 4 aliphatic heterocycles. The van der Waals surface area contributed by atoms with Crippen LogP contribution in [0.25, 0.3) is 0 Å². The maximum Gasteiger partial charge on any atom is 0.187 e. The Morgan fingerprint density at radius 1 is 0.631 bits per heavy atom. The first-order valence-corrected chi connectivity index (χ1v) is 24.2. The molecule has 0 radical (unpaired) electrons. The summed E-state index contributed by atoms with van der Waals surface area (Å²) in [5.74, 6) is -0.234. The fourth-order valence-electron chi connectivity index (χ4n) is 16.4. The van der Waals surface area contributed by atoms with E-state index < -0.39 is 134 Å².